The lowest BCUT2D eigenvalue weighted by atomic mass is 10.1. The number of nitrogens with zero attached hydrogens (tertiary/aromatic N) is 1. The van der Waals surface area contributed by atoms with Crippen LogP contribution >= 0.6 is 0 Å². The molecule has 112 valence electrons. The van der Waals surface area contributed by atoms with Crippen molar-refractivity contribution in [2.45, 2.75) is 39.7 Å². The van der Waals surface area contributed by atoms with Gasteiger partial charge in [0.05, 0.1) is 6.61 Å². The highest BCUT2D eigenvalue weighted by atomic mass is 16.5. The van der Waals surface area contributed by atoms with Gasteiger partial charge in [0.2, 0.25) is 0 Å². The SMILES string of the molecule is CCN(CCCOc1ccccc1C(=O)O)C(C)(C)C. The van der Waals surface area contributed by atoms with Crippen LogP contribution < -0.4 is 4.74 Å². The Hall–Kier alpha value is -1.55. The number of benzene rings is 1. The van der Waals surface area contributed by atoms with E-state index in [1.165, 1.54) is 0 Å². The van der Waals surface area contributed by atoms with E-state index in [0.717, 1.165) is 19.5 Å². The van der Waals surface area contributed by atoms with E-state index in [-0.39, 0.29) is 11.1 Å². The first-order valence-electron chi connectivity index (χ1n) is 7.06. The second-order valence-corrected chi connectivity index (χ2v) is 5.75. The van der Waals surface area contributed by atoms with Gasteiger partial charge in [-0.15, -0.1) is 0 Å². The van der Waals surface area contributed by atoms with Crippen LogP contribution in [0.2, 0.25) is 0 Å². The van der Waals surface area contributed by atoms with Crippen LogP contribution in [0.3, 0.4) is 0 Å². The number of aromatic carboxylic acids is 1. The molecule has 0 fully saturated rings. The Morgan fingerprint density at radius 3 is 2.50 bits per heavy atom. The lowest BCUT2D eigenvalue weighted by Crippen LogP contribution is -2.42. The minimum absolute atomic E-state index is 0.147. The van der Waals surface area contributed by atoms with E-state index in [9.17, 15) is 4.79 Å². The van der Waals surface area contributed by atoms with E-state index in [2.05, 4.69) is 32.6 Å². The topological polar surface area (TPSA) is 49.8 Å². The summed E-state index contributed by atoms with van der Waals surface area (Å²) in [6, 6.07) is 6.75. The van der Waals surface area contributed by atoms with E-state index in [1.807, 2.05) is 0 Å². The van der Waals surface area contributed by atoms with Gasteiger partial charge in [0.25, 0.3) is 0 Å². The maximum atomic E-state index is 11.1. The summed E-state index contributed by atoms with van der Waals surface area (Å²) in [6.07, 6.45) is 0.874. The zero-order valence-corrected chi connectivity index (χ0v) is 12.8. The number of ether oxygens (including phenoxy) is 1. The highest BCUT2D eigenvalue weighted by Crippen LogP contribution is 2.18. The van der Waals surface area contributed by atoms with Gasteiger partial charge in [0, 0.05) is 12.1 Å². The smallest absolute Gasteiger partial charge is 0.339 e. The van der Waals surface area contributed by atoms with Crippen molar-refractivity contribution in [1.29, 1.82) is 0 Å². The van der Waals surface area contributed by atoms with E-state index in [4.69, 9.17) is 9.84 Å². The van der Waals surface area contributed by atoms with Crippen molar-refractivity contribution in [3.63, 3.8) is 0 Å². The third-order valence-corrected chi connectivity index (χ3v) is 3.28. The Labute approximate surface area is 121 Å². The monoisotopic (exact) mass is 279 g/mol. The maximum absolute atomic E-state index is 11.1. The van der Waals surface area contributed by atoms with E-state index in [1.54, 1.807) is 24.3 Å². The van der Waals surface area contributed by atoms with Gasteiger partial charge < -0.3 is 9.84 Å². The number of para-hydroxylation sites is 1. The normalized spacial score (nSPS) is 11.7. The Kier molecular flexibility index (Phi) is 6.02. The summed E-state index contributed by atoms with van der Waals surface area (Å²) in [5.41, 5.74) is 0.365. The zero-order valence-electron chi connectivity index (χ0n) is 12.8. The summed E-state index contributed by atoms with van der Waals surface area (Å²) < 4.78 is 5.60. The summed E-state index contributed by atoms with van der Waals surface area (Å²) in [5, 5.41) is 9.07. The zero-order chi connectivity index (χ0) is 15.2. The van der Waals surface area contributed by atoms with Gasteiger partial charge in [-0.1, -0.05) is 19.1 Å². The number of carboxylic acids is 1. The molecule has 0 saturated heterocycles. The van der Waals surface area contributed by atoms with Gasteiger partial charge in [0.15, 0.2) is 0 Å². The Bertz CT molecular complexity index is 438. The van der Waals surface area contributed by atoms with Gasteiger partial charge in [-0.25, -0.2) is 4.79 Å². The fourth-order valence-electron chi connectivity index (χ4n) is 2.17. The van der Waals surface area contributed by atoms with E-state index < -0.39 is 5.97 Å². The number of rotatable bonds is 7. The molecule has 0 amide bonds. The summed E-state index contributed by atoms with van der Waals surface area (Å²) >= 11 is 0. The molecular formula is C16H25NO3. The average Bonchev–Trinajstić information content (AvgIpc) is 2.37. The summed E-state index contributed by atoms with van der Waals surface area (Å²) in [5.74, 6) is -0.510. The van der Waals surface area contributed by atoms with Gasteiger partial charge >= 0.3 is 5.97 Å². The molecule has 0 unspecified atom stereocenters. The fraction of sp³-hybridized carbons (Fsp3) is 0.562. The van der Waals surface area contributed by atoms with Crippen molar-refractivity contribution in [1.82, 2.24) is 4.90 Å². The number of carbonyl (C=O) groups is 1. The molecule has 0 aromatic heterocycles. The van der Waals surface area contributed by atoms with E-state index in [0.29, 0.717) is 12.4 Å². The molecule has 0 atom stereocenters. The fourth-order valence-corrected chi connectivity index (χ4v) is 2.17. The predicted octanol–water partition coefficient (Wildman–Crippen LogP) is 3.27. The van der Waals surface area contributed by atoms with Gasteiger partial charge in [-0.2, -0.15) is 0 Å². The van der Waals surface area contributed by atoms with E-state index >= 15 is 0 Å². The molecule has 0 aliphatic rings. The molecule has 0 heterocycles. The van der Waals surface area contributed by atoms with Crippen molar-refractivity contribution in [2.75, 3.05) is 19.7 Å². The molecule has 0 saturated carbocycles. The third kappa shape index (κ3) is 4.85. The molecule has 1 rings (SSSR count). The summed E-state index contributed by atoms with van der Waals surface area (Å²) in [7, 11) is 0. The lowest BCUT2D eigenvalue weighted by molar-refractivity contribution is 0.0692. The molecule has 0 aliphatic heterocycles. The van der Waals surface area contributed by atoms with Crippen molar-refractivity contribution >= 4 is 5.97 Å². The molecule has 0 radical (unpaired) electrons. The second kappa shape index (κ2) is 7.29. The minimum Gasteiger partial charge on any atom is -0.493 e. The number of hydrogen-bond donors (Lipinski definition) is 1. The average molecular weight is 279 g/mol. The van der Waals surface area contributed by atoms with Crippen molar-refractivity contribution in [3.8, 4) is 5.75 Å². The van der Waals surface area contributed by atoms with Gasteiger partial charge in [-0.3, -0.25) is 4.90 Å². The number of carboxylic acid groups (broad SMARTS) is 1. The largest absolute Gasteiger partial charge is 0.493 e. The molecule has 1 aromatic carbocycles. The first kappa shape index (κ1) is 16.5. The lowest BCUT2D eigenvalue weighted by Gasteiger charge is -2.34. The van der Waals surface area contributed by atoms with Crippen LogP contribution in [-0.2, 0) is 0 Å². The van der Waals surface area contributed by atoms with Crippen LogP contribution in [0.1, 0.15) is 44.5 Å². The van der Waals surface area contributed by atoms with Crippen LogP contribution in [0.5, 0.6) is 5.75 Å². The molecule has 0 aliphatic carbocycles. The van der Waals surface area contributed by atoms with Crippen LogP contribution in [0, 0.1) is 0 Å². The summed E-state index contributed by atoms with van der Waals surface area (Å²) in [4.78, 5) is 13.4. The van der Waals surface area contributed by atoms with Crippen molar-refractivity contribution in [3.05, 3.63) is 29.8 Å². The van der Waals surface area contributed by atoms with Crippen molar-refractivity contribution in [2.24, 2.45) is 0 Å². The molecule has 4 nitrogen and oxygen atoms in total. The summed E-state index contributed by atoms with van der Waals surface area (Å²) in [6.45, 7) is 11.2. The molecule has 20 heavy (non-hydrogen) atoms. The highest BCUT2D eigenvalue weighted by molar-refractivity contribution is 5.90. The first-order chi connectivity index (χ1) is 9.36. The molecule has 0 bridgehead atoms. The molecule has 0 spiro atoms. The quantitative estimate of drug-likeness (QED) is 0.778. The number of hydrogen-bond acceptors (Lipinski definition) is 3. The van der Waals surface area contributed by atoms with Crippen LogP contribution in [0.15, 0.2) is 24.3 Å². The molecule has 1 N–H and O–H groups in total. The first-order valence-corrected chi connectivity index (χ1v) is 7.06. The molecular weight excluding hydrogens is 254 g/mol. The Morgan fingerprint density at radius 1 is 1.30 bits per heavy atom. The molecule has 4 heteroatoms. The predicted molar refractivity (Wildman–Crippen MR) is 80.5 cm³/mol. The maximum Gasteiger partial charge on any atom is 0.339 e. The van der Waals surface area contributed by atoms with Gasteiger partial charge in [-0.05, 0) is 45.9 Å². The Morgan fingerprint density at radius 2 is 1.95 bits per heavy atom. The standard InChI is InChI=1S/C16H25NO3/c1-5-17(16(2,3)4)11-8-12-20-14-10-7-6-9-13(14)15(18)19/h6-7,9-10H,5,8,11-12H2,1-4H3,(H,18,19). The van der Waals surface area contributed by atoms with Gasteiger partial charge in [0.1, 0.15) is 11.3 Å². The van der Waals surface area contributed by atoms with Crippen molar-refractivity contribution < 1.29 is 14.6 Å². The van der Waals surface area contributed by atoms with Crippen LogP contribution in [0.25, 0.3) is 0 Å². The molecule has 1 aromatic rings. The minimum atomic E-state index is -0.953. The van der Waals surface area contributed by atoms with Crippen LogP contribution in [-0.4, -0.2) is 41.2 Å². The Balaban J connectivity index is 2.47. The third-order valence-electron chi connectivity index (χ3n) is 3.28. The van der Waals surface area contributed by atoms with Crippen LogP contribution in [0.4, 0.5) is 0 Å². The second-order valence-electron chi connectivity index (χ2n) is 5.75. The highest BCUT2D eigenvalue weighted by Gasteiger charge is 2.18.